The molecule has 0 fully saturated rings. The van der Waals surface area contributed by atoms with Gasteiger partial charge >= 0.3 is 6.29 Å². The first-order chi connectivity index (χ1) is 11.7. The van der Waals surface area contributed by atoms with E-state index in [0.717, 1.165) is 0 Å². The van der Waals surface area contributed by atoms with Gasteiger partial charge < -0.3 is 24.5 Å². The standard InChI is InChI=1S/C16H14F2N2O5/c1-8-5-11(9(2)23-8)15(22)19-7-14(21)20-10-3-4-12-13(6-10)25-16(17,18)24-12/h3-6H,7H2,1-2H3,(H,19,22)(H,20,21). The summed E-state index contributed by atoms with van der Waals surface area (Å²) in [5.41, 5.74) is 0.574. The second-order valence-electron chi connectivity index (χ2n) is 5.39. The van der Waals surface area contributed by atoms with Crippen LogP contribution in [0.25, 0.3) is 0 Å². The highest BCUT2D eigenvalue weighted by Gasteiger charge is 2.43. The first kappa shape index (κ1) is 16.7. The monoisotopic (exact) mass is 352 g/mol. The van der Waals surface area contributed by atoms with Crippen molar-refractivity contribution >= 4 is 17.5 Å². The fourth-order valence-corrected chi connectivity index (χ4v) is 2.34. The Morgan fingerprint density at radius 2 is 1.84 bits per heavy atom. The molecule has 0 unspecified atom stereocenters. The van der Waals surface area contributed by atoms with Crippen LogP contribution in [0.2, 0.25) is 0 Å². The smallest absolute Gasteiger partial charge is 0.466 e. The van der Waals surface area contributed by atoms with Crippen molar-refractivity contribution in [3.8, 4) is 11.5 Å². The van der Waals surface area contributed by atoms with Gasteiger partial charge in [0.1, 0.15) is 11.5 Å². The first-order valence-electron chi connectivity index (χ1n) is 7.28. The number of furan rings is 1. The molecule has 3 rings (SSSR count). The zero-order valence-electron chi connectivity index (χ0n) is 13.3. The van der Waals surface area contributed by atoms with Gasteiger partial charge in [-0.3, -0.25) is 9.59 Å². The number of amides is 2. The molecule has 2 amide bonds. The highest BCUT2D eigenvalue weighted by Crippen LogP contribution is 2.42. The molecule has 1 aliphatic heterocycles. The van der Waals surface area contributed by atoms with Crippen LogP contribution in [0, 0.1) is 13.8 Å². The van der Waals surface area contributed by atoms with Gasteiger partial charge in [0.25, 0.3) is 5.91 Å². The molecule has 0 bridgehead atoms. The number of rotatable bonds is 4. The van der Waals surface area contributed by atoms with Crippen LogP contribution in [0.5, 0.6) is 11.5 Å². The van der Waals surface area contributed by atoms with Crippen LogP contribution in [-0.2, 0) is 4.79 Å². The molecule has 0 spiro atoms. The van der Waals surface area contributed by atoms with E-state index >= 15 is 0 Å². The molecule has 1 aliphatic rings. The number of halogens is 2. The summed E-state index contributed by atoms with van der Waals surface area (Å²) in [5, 5.41) is 4.92. The van der Waals surface area contributed by atoms with Gasteiger partial charge in [-0.05, 0) is 32.0 Å². The van der Waals surface area contributed by atoms with Crippen molar-refractivity contribution in [2.24, 2.45) is 0 Å². The second kappa shape index (κ2) is 6.08. The Kier molecular flexibility index (Phi) is 4.07. The molecule has 2 N–H and O–H groups in total. The van der Waals surface area contributed by atoms with Crippen LogP contribution in [0.15, 0.2) is 28.7 Å². The van der Waals surface area contributed by atoms with Gasteiger partial charge in [-0.15, -0.1) is 8.78 Å². The lowest BCUT2D eigenvalue weighted by atomic mass is 10.2. The van der Waals surface area contributed by atoms with Crippen molar-refractivity contribution in [2.75, 3.05) is 11.9 Å². The summed E-state index contributed by atoms with van der Waals surface area (Å²) in [7, 11) is 0. The normalized spacial score (nSPS) is 14.2. The van der Waals surface area contributed by atoms with E-state index in [1.165, 1.54) is 18.2 Å². The Morgan fingerprint density at radius 1 is 1.12 bits per heavy atom. The van der Waals surface area contributed by atoms with Crippen LogP contribution < -0.4 is 20.1 Å². The van der Waals surface area contributed by atoms with E-state index in [1.807, 2.05) is 0 Å². The minimum Gasteiger partial charge on any atom is -0.466 e. The number of nitrogens with one attached hydrogen (secondary N) is 2. The fraction of sp³-hybridized carbons (Fsp3) is 0.250. The van der Waals surface area contributed by atoms with Crippen LogP contribution >= 0.6 is 0 Å². The predicted octanol–water partition coefficient (Wildman–Crippen LogP) is 2.59. The van der Waals surface area contributed by atoms with Crippen LogP contribution in [0.4, 0.5) is 14.5 Å². The predicted molar refractivity (Wildman–Crippen MR) is 81.8 cm³/mol. The first-order valence-corrected chi connectivity index (χ1v) is 7.28. The van der Waals surface area contributed by atoms with E-state index in [-0.39, 0.29) is 23.7 Å². The molecule has 1 aromatic carbocycles. The number of hydrogen-bond donors (Lipinski definition) is 2. The van der Waals surface area contributed by atoms with Crippen LogP contribution in [-0.4, -0.2) is 24.7 Å². The van der Waals surface area contributed by atoms with Gasteiger partial charge in [0.15, 0.2) is 11.5 Å². The van der Waals surface area contributed by atoms with Gasteiger partial charge in [-0.2, -0.15) is 0 Å². The van der Waals surface area contributed by atoms with E-state index in [0.29, 0.717) is 17.1 Å². The van der Waals surface area contributed by atoms with Gasteiger partial charge in [-0.1, -0.05) is 0 Å². The molecule has 0 atom stereocenters. The Labute approximate surface area is 140 Å². The number of carbonyl (C=O) groups excluding carboxylic acids is 2. The highest BCUT2D eigenvalue weighted by atomic mass is 19.3. The summed E-state index contributed by atoms with van der Waals surface area (Å²) in [6.45, 7) is 3.05. The van der Waals surface area contributed by atoms with E-state index in [1.54, 1.807) is 19.9 Å². The zero-order chi connectivity index (χ0) is 18.2. The maximum Gasteiger partial charge on any atom is 0.586 e. The number of fused-ring (bicyclic) bond motifs is 1. The summed E-state index contributed by atoms with van der Waals surface area (Å²) >= 11 is 0. The largest absolute Gasteiger partial charge is 0.586 e. The average Bonchev–Trinajstić information content (AvgIpc) is 3.01. The Bertz CT molecular complexity index is 847. The number of carbonyl (C=O) groups is 2. The van der Waals surface area contributed by atoms with Crippen molar-refractivity contribution in [1.82, 2.24) is 5.32 Å². The zero-order valence-corrected chi connectivity index (χ0v) is 13.3. The third-order valence-corrected chi connectivity index (χ3v) is 3.38. The topological polar surface area (TPSA) is 89.8 Å². The molecule has 0 radical (unpaired) electrons. The summed E-state index contributed by atoms with van der Waals surface area (Å²) in [5.74, 6) is -0.249. The quantitative estimate of drug-likeness (QED) is 0.883. The molecule has 1 aromatic heterocycles. The third-order valence-electron chi connectivity index (χ3n) is 3.38. The third kappa shape index (κ3) is 3.70. The molecule has 25 heavy (non-hydrogen) atoms. The van der Waals surface area contributed by atoms with E-state index < -0.39 is 18.1 Å². The lowest BCUT2D eigenvalue weighted by Crippen LogP contribution is -2.32. The molecule has 7 nitrogen and oxygen atoms in total. The lowest BCUT2D eigenvalue weighted by Gasteiger charge is -2.07. The molecule has 0 aliphatic carbocycles. The summed E-state index contributed by atoms with van der Waals surface area (Å²) in [6, 6.07) is 5.41. The van der Waals surface area contributed by atoms with Gasteiger partial charge in [0.05, 0.1) is 12.1 Å². The number of alkyl halides is 2. The molecular formula is C16H14F2N2O5. The maximum absolute atomic E-state index is 12.9. The maximum atomic E-state index is 12.9. The van der Waals surface area contributed by atoms with E-state index in [2.05, 4.69) is 20.1 Å². The van der Waals surface area contributed by atoms with E-state index in [9.17, 15) is 18.4 Å². The van der Waals surface area contributed by atoms with Gasteiger partial charge in [0, 0.05) is 11.8 Å². The van der Waals surface area contributed by atoms with Crippen LogP contribution in [0.1, 0.15) is 21.9 Å². The minimum atomic E-state index is -3.72. The van der Waals surface area contributed by atoms with Gasteiger partial charge in [0.2, 0.25) is 5.91 Å². The number of ether oxygens (including phenoxy) is 2. The van der Waals surface area contributed by atoms with Crippen molar-refractivity contribution in [3.63, 3.8) is 0 Å². The minimum absolute atomic E-state index is 0.123. The molecule has 0 saturated carbocycles. The Hall–Kier alpha value is -3.10. The summed E-state index contributed by atoms with van der Waals surface area (Å²) in [6.07, 6.45) is -3.72. The van der Waals surface area contributed by atoms with Crippen molar-refractivity contribution in [1.29, 1.82) is 0 Å². The summed E-state index contributed by atoms with van der Waals surface area (Å²) in [4.78, 5) is 23.9. The Balaban J connectivity index is 1.57. The van der Waals surface area contributed by atoms with E-state index in [4.69, 9.17) is 4.42 Å². The molecule has 132 valence electrons. The summed E-state index contributed by atoms with van der Waals surface area (Å²) < 4.78 is 39.7. The lowest BCUT2D eigenvalue weighted by molar-refractivity contribution is -0.286. The number of hydrogen-bond acceptors (Lipinski definition) is 5. The fourth-order valence-electron chi connectivity index (χ4n) is 2.34. The Morgan fingerprint density at radius 3 is 2.52 bits per heavy atom. The molecule has 2 aromatic rings. The van der Waals surface area contributed by atoms with Crippen LogP contribution in [0.3, 0.4) is 0 Å². The molecular weight excluding hydrogens is 338 g/mol. The van der Waals surface area contributed by atoms with Crippen molar-refractivity contribution < 1.29 is 32.3 Å². The van der Waals surface area contributed by atoms with Crippen molar-refractivity contribution in [2.45, 2.75) is 20.1 Å². The second-order valence-corrected chi connectivity index (χ2v) is 5.39. The van der Waals surface area contributed by atoms with Crippen molar-refractivity contribution in [3.05, 3.63) is 41.3 Å². The molecule has 0 saturated heterocycles. The number of aryl methyl sites for hydroxylation is 2. The molecule has 9 heteroatoms. The number of anilines is 1. The molecule has 2 heterocycles. The highest BCUT2D eigenvalue weighted by molar-refractivity contribution is 6.00. The average molecular weight is 352 g/mol. The van der Waals surface area contributed by atoms with Gasteiger partial charge in [-0.25, -0.2) is 0 Å². The number of benzene rings is 1. The SMILES string of the molecule is Cc1cc(C(=O)NCC(=O)Nc2ccc3c(c2)OC(F)(F)O3)c(C)o1.